The van der Waals surface area contributed by atoms with Crippen molar-refractivity contribution in [1.29, 1.82) is 0 Å². The summed E-state index contributed by atoms with van der Waals surface area (Å²) in [6, 6.07) is 1.74. The molecular formula is C16H30N2. The maximum Gasteiger partial charge on any atom is 0.0148 e. The quantitative estimate of drug-likeness (QED) is 0.652. The lowest BCUT2D eigenvalue weighted by atomic mass is 9.82. The Hall–Kier alpha value is -0.0800. The van der Waals surface area contributed by atoms with Gasteiger partial charge in [-0.25, -0.2) is 0 Å². The van der Waals surface area contributed by atoms with Crippen LogP contribution in [-0.2, 0) is 0 Å². The highest BCUT2D eigenvalue weighted by Gasteiger charge is 2.59. The van der Waals surface area contributed by atoms with Crippen molar-refractivity contribution in [3.05, 3.63) is 0 Å². The van der Waals surface area contributed by atoms with Gasteiger partial charge in [-0.3, -0.25) is 9.80 Å². The van der Waals surface area contributed by atoms with Gasteiger partial charge in [0.2, 0.25) is 0 Å². The van der Waals surface area contributed by atoms with Crippen LogP contribution in [0.3, 0.4) is 0 Å². The van der Waals surface area contributed by atoms with Gasteiger partial charge in [0.1, 0.15) is 0 Å². The highest BCUT2D eigenvalue weighted by Crippen LogP contribution is 2.52. The molecule has 3 saturated heterocycles. The van der Waals surface area contributed by atoms with Crippen LogP contribution in [0, 0.1) is 11.8 Å². The van der Waals surface area contributed by atoms with Crippen LogP contribution in [0.2, 0.25) is 0 Å². The summed E-state index contributed by atoms with van der Waals surface area (Å²) in [7, 11) is 0. The molecule has 0 aromatic heterocycles. The zero-order valence-corrected chi connectivity index (χ0v) is 13.0. The topological polar surface area (TPSA) is 6.48 Å². The van der Waals surface area contributed by atoms with E-state index in [9.17, 15) is 0 Å². The van der Waals surface area contributed by atoms with E-state index in [0.717, 1.165) is 23.9 Å². The third kappa shape index (κ3) is 1.76. The van der Waals surface area contributed by atoms with Crippen molar-refractivity contribution in [3.8, 4) is 0 Å². The minimum atomic E-state index is 0.357. The van der Waals surface area contributed by atoms with Gasteiger partial charge in [0.15, 0.2) is 0 Å². The Balaban J connectivity index is 1.81. The van der Waals surface area contributed by atoms with Crippen molar-refractivity contribution in [2.45, 2.75) is 77.5 Å². The second-order valence-electron chi connectivity index (χ2n) is 8.69. The van der Waals surface area contributed by atoms with Crippen LogP contribution in [0.5, 0.6) is 0 Å². The summed E-state index contributed by atoms with van der Waals surface area (Å²) in [5, 5.41) is 0. The van der Waals surface area contributed by atoms with Crippen molar-refractivity contribution >= 4 is 0 Å². The zero-order valence-electron chi connectivity index (χ0n) is 13.0. The summed E-state index contributed by atoms with van der Waals surface area (Å²) in [6.45, 7) is 17.0. The molecule has 3 fully saturated rings. The normalized spacial score (nSPS) is 41.7. The van der Waals surface area contributed by atoms with E-state index < -0.39 is 0 Å². The molecule has 0 aromatic carbocycles. The van der Waals surface area contributed by atoms with Crippen molar-refractivity contribution in [1.82, 2.24) is 9.80 Å². The fraction of sp³-hybridized carbons (Fsp3) is 1.00. The summed E-state index contributed by atoms with van der Waals surface area (Å²) in [4.78, 5) is 5.59. The van der Waals surface area contributed by atoms with E-state index in [0.29, 0.717) is 11.1 Å². The number of nitrogens with zero attached hydrogens (tertiary/aromatic N) is 2. The molecule has 3 rings (SSSR count). The van der Waals surface area contributed by atoms with Crippen LogP contribution in [0.4, 0.5) is 0 Å². The molecule has 4 unspecified atom stereocenters. The molecule has 3 heterocycles. The van der Waals surface area contributed by atoms with E-state index in [2.05, 4.69) is 51.3 Å². The molecule has 2 heteroatoms. The Morgan fingerprint density at radius 2 is 1.17 bits per heavy atom. The predicted octanol–water partition coefficient (Wildman–Crippen LogP) is 2.98. The molecule has 0 aromatic rings. The van der Waals surface area contributed by atoms with E-state index in [1.165, 1.54) is 25.9 Å². The molecule has 0 N–H and O–H groups in total. The molecule has 3 aliphatic heterocycles. The molecule has 3 aliphatic rings. The molecule has 104 valence electrons. The van der Waals surface area contributed by atoms with Crippen LogP contribution in [-0.4, -0.2) is 46.1 Å². The molecule has 0 radical (unpaired) electrons. The number of hydrogen-bond acceptors (Lipinski definition) is 2. The maximum atomic E-state index is 2.86. The minimum absolute atomic E-state index is 0.357. The standard InChI is InChI=1S/C16H30N2/c1-15(2,3)17-9-11-12(10-17)14-8-7-13(11)18(14)16(4,5)6/h11-14H,7-10H2,1-6H3. The van der Waals surface area contributed by atoms with E-state index in [1.54, 1.807) is 0 Å². The predicted molar refractivity (Wildman–Crippen MR) is 76.7 cm³/mol. The molecular weight excluding hydrogens is 220 g/mol. The van der Waals surface area contributed by atoms with E-state index in [4.69, 9.17) is 0 Å². The van der Waals surface area contributed by atoms with Gasteiger partial charge >= 0.3 is 0 Å². The molecule has 0 spiro atoms. The molecule has 4 atom stereocenters. The number of hydrogen-bond donors (Lipinski definition) is 0. The number of fused-ring (bicyclic) bond motifs is 5. The first-order valence-corrected chi connectivity index (χ1v) is 7.73. The second-order valence-corrected chi connectivity index (χ2v) is 8.69. The van der Waals surface area contributed by atoms with Crippen LogP contribution in [0.15, 0.2) is 0 Å². The molecule has 0 saturated carbocycles. The van der Waals surface area contributed by atoms with Gasteiger partial charge in [0, 0.05) is 36.3 Å². The van der Waals surface area contributed by atoms with Gasteiger partial charge in [0.25, 0.3) is 0 Å². The Labute approximate surface area is 113 Å². The van der Waals surface area contributed by atoms with Crippen LogP contribution in [0.25, 0.3) is 0 Å². The SMILES string of the molecule is CC(C)(C)N1CC2C(C1)C1CCC2N1C(C)(C)C. The molecule has 0 aliphatic carbocycles. The summed E-state index contributed by atoms with van der Waals surface area (Å²) in [5.74, 6) is 1.89. The summed E-state index contributed by atoms with van der Waals surface area (Å²) in [6.07, 6.45) is 2.89. The minimum Gasteiger partial charge on any atom is -0.298 e. The number of likely N-dealkylation sites (tertiary alicyclic amines) is 1. The lowest BCUT2D eigenvalue weighted by Crippen LogP contribution is -2.49. The lowest BCUT2D eigenvalue weighted by Gasteiger charge is -2.40. The Kier molecular flexibility index (Phi) is 2.68. The van der Waals surface area contributed by atoms with Crippen LogP contribution >= 0.6 is 0 Å². The third-order valence-electron chi connectivity index (χ3n) is 5.60. The van der Waals surface area contributed by atoms with Gasteiger partial charge in [-0.05, 0) is 66.2 Å². The van der Waals surface area contributed by atoms with Crippen LogP contribution in [0.1, 0.15) is 54.4 Å². The lowest BCUT2D eigenvalue weighted by molar-refractivity contribution is 0.0765. The fourth-order valence-electron chi connectivity index (χ4n) is 4.92. The summed E-state index contributed by atoms with van der Waals surface area (Å²) in [5.41, 5.74) is 0.721. The second kappa shape index (κ2) is 3.73. The first-order chi connectivity index (χ1) is 8.19. The first-order valence-electron chi connectivity index (χ1n) is 7.73. The average molecular weight is 250 g/mol. The van der Waals surface area contributed by atoms with Gasteiger partial charge in [0.05, 0.1) is 0 Å². The first kappa shape index (κ1) is 12.9. The smallest absolute Gasteiger partial charge is 0.0148 e. The molecule has 2 bridgehead atoms. The summed E-state index contributed by atoms with van der Waals surface area (Å²) < 4.78 is 0. The highest BCUT2D eigenvalue weighted by atomic mass is 15.3. The van der Waals surface area contributed by atoms with Gasteiger partial charge in [-0.15, -0.1) is 0 Å². The Morgan fingerprint density at radius 1 is 0.722 bits per heavy atom. The van der Waals surface area contributed by atoms with Gasteiger partial charge in [-0.1, -0.05) is 0 Å². The Morgan fingerprint density at radius 3 is 1.50 bits per heavy atom. The maximum absolute atomic E-state index is 2.86. The molecule has 18 heavy (non-hydrogen) atoms. The highest BCUT2D eigenvalue weighted by molar-refractivity contribution is 5.13. The molecule has 0 amide bonds. The van der Waals surface area contributed by atoms with Crippen LogP contribution < -0.4 is 0 Å². The van der Waals surface area contributed by atoms with Crippen molar-refractivity contribution in [3.63, 3.8) is 0 Å². The van der Waals surface area contributed by atoms with Gasteiger partial charge in [-0.2, -0.15) is 0 Å². The average Bonchev–Trinajstić information content (AvgIpc) is 2.84. The fourth-order valence-corrected chi connectivity index (χ4v) is 4.92. The van der Waals surface area contributed by atoms with Crippen molar-refractivity contribution in [2.75, 3.05) is 13.1 Å². The van der Waals surface area contributed by atoms with E-state index in [1.807, 2.05) is 0 Å². The monoisotopic (exact) mass is 250 g/mol. The zero-order chi connectivity index (χ0) is 13.3. The van der Waals surface area contributed by atoms with Gasteiger partial charge < -0.3 is 0 Å². The van der Waals surface area contributed by atoms with E-state index in [-0.39, 0.29) is 0 Å². The van der Waals surface area contributed by atoms with E-state index >= 15 is 0 Å². The number of rotatable bonds is 0. The van der Waals surface area contributed by atoms with Crippen molar-refractivity contribution in [2.24, 2.45) is 11.8 Å². The van der Waals surface area contributed by atoms with Crippen molar-refractivity contribution < 1.29 is 0 Å². The summed E-state index contributed by atoms with van der Waals surface area (Å²) >= 11 is 0. The Bertz CT molecular complexity index is 316. The third-order valence-corrected chi connectivity index (χ3v) is 5.60. The molecule has 2 nitrogen and oxygen atoms in total. The largest absolute Gasteiger partial charge is 0.298 e.